The Labute approximate surface area is 146 Å². The number of rotatable bonds is 1. The minimum absolute atomic E-state index is 0.140. The summed E-state index contributed by atoms with van der Waals surface area (Å²) in [5.41, 5.74) is 2.47. The number of hydrogen-bond donors (Lipinski definition) is 1. The second-order valence-corrected chi connectivity index (χ2v) is 10.2. The zero-order valence-electron chi connectivity index (χ0n) is 15.0. The van der Waals surface area contributed by atoms with Crippen molar-refractivity contribution in [2.24, 2.45) is 34.5 Å². The lowest BCUT2D eigenvalue weighted by atomic mass is 9.47. The van der Waals surface area contributed by atoms with Crippen molar-refractivity contribution in [2.45, 2.75) is 83.6 Å². The summed E-state index contributed by atoms with van der Waals surface area (Å²) in [6.45, 7) is 7.06. The zero-order valence-corrected chi connectivity index (χ0v) is 15.8. The molecule has 0 aromatic rings. The summed E-state index contributed by atoms with van der Waals surface area (Å²) in [4.78, 5) is 0. The van der Waals surface area contributed by atoms with Crippen LogP contribution in [0.1, 0.15) is 72.1 Å². The van der Waals surface area contributed by atoms with Gasteiger partial charge in [-0.05, 0) is 92.8 Å². The minimum Gasteiger partial charge on any atom is -0.393 e. The minimum atomic E-state index is -0.140. The fourth-order valence-corrected chi connectivity index (χ4v) is 7.72. The van der Waals surface area contributed by atoms with Gasteiger partial charge in [-0.1, -0.05) is 25.5 Å². The Morgan fingerprint density at radius 1 is 1.13 bits per heavy atom. The molecule has 3 saturated carbocycles. The van der Waals surface area contributed by atoms with Crippen LogP contribution in [-0.2, 0) is 0 Å². The lowest BCUT2D eigenvalue weighted by Gasteiger charge is -2.58. The molecule has 4 aliphatic rings. The van der Waals surface area contributed by atoms with E-state index >= 15 is 0 Å². The van der Waals surface area contributed by atoms with Crippen molar-refractivity contribution < 1.29 is 5.11 Å². The maximum Gasteiger partial charge on any atom is 0.0545 e. The summed E-state index contributed by atoms with van der Waals surface area (Å²) in [6, 6.07) is 0. The molecule has 130 valence electrons. The molecule has 23 heavy (non-hydrogen) atoms. The van der Waals surface area contributed by atoms with Gasteiger partial charge < -0.3 is 5.11 Å². The predicted octanol–water partition coefficient (Wildman–Crippen LogP) is 5.55. The van der Waals surface area contributed by atoms with Crippen molar-refractivity contribution >= 4 is 11.6 Å². The van der Waals surface area contributed by atoms with Gasteiger partial charge in [-0.2, -0.15) is 0 Å². The van der Waals surface area contributed by atoms with Crippen LogP contribution in [-0.4, -0.2) is 16.6 Å². The summed E-state index contributed by atoms with van der Waals surface area (Å²) < 4.78 is 0. The third-order valence-corrected chi connectivity index (χ3v) is 9.07. The molecule has 0 unspecified atom stereocenters. The molecular weight excluding hydrogens is 304 g/mol. The van der Waals surface area contributed by atoms with E-state index < -0.39 is 0 Å². The Morgan fingerprint density at radius 3 is 2.65 bits per heavy atom. The number of allylic oxidation sites excluding steroid dienone is 2. The lowest BCUT2D eigenvalue weighted by molar-refractivity contribution is -0.0618. The highest BCUT2D eigenvalue weighted by Gasteiger charge is 2.59. The average molecular weight is 337 g/mol. The molecular formula is C21H33ClO. The van der Waals surface area contributed by atoms with E-state index in [-0.39, 0.29) is 6.10 Å². The van der Waals surface area contributed by atoms with Gasteiger partial charge in [0.15, 0.2) is 0 Å². The molecule has 4 rings (SSSR count). The van der Waals surface area contributed by atoms with E-state index in [9.17, 15) is 5.11 Å². The van der Waals surface area contributed by atoms with E-state index in [4.69, 9.17) is 11.6 Å². The molecule has 2 heteroatoms. The van der Waals surface area contributed by atoms with Gasteiger partial charge in [-0.25, -0.2) is 0 Å². The van der Waals surface area contributed by atoms with Crippen LogP contribution in [0.25, 0.3) is 0 Å². The molecule has 0 saturated heterocycles. The monoisotopic (exact) mass is 336 g/mol. The van der Waals surface area contributed by atoms with Crippen molar-refractivity contribution in [3.8, 4) is 0 Å². The highest BCUT2D eigenvalue weighted by molar-refractivity contribution is 6.20. The Kier molecular flexibility index (Phi) is 3.93. The molecule has 0 aliphatic heterocycles. The predicted molar refractivity (Wildman–Crippen MR) is 96.5 cm³/mol. The molecule has 0 aromatic heterocycles. The van der Waals surface area contributed by atoms with Gasteiger partial charge in [0, 0.05) is 5.38 Å². The maximum absolute atomic E-state index is 10.3. The van der Waals surface area contributed by atoms with Crippen LogP contribution in [0.3, 0.4) is 0 Å². The number of aliphatic hydroxyl groups excluding tert-OH is 1. The van der Waals surface area contributed by atoms with Crippen molar-refractivity contribution in [2.75, 3.05) is 0 Å². The Balaban J connectivity index is 1.65. The Hall–Kier alpha value is -0.0100. The van der Waals surface area contributed by atoms with Gasteiger partial charge >= 0.3 is 0 Å². The molecule has 0 heterocycles. The smallest absolute Gasteiger partial charge is 0.0545 e. The van der Waals surface area contributed by atoms with Gasteiger partial charge in [0.25, 0.3) is 0 Å². The van der Waals surface area contributed by atoms with Crippen molar-refractivity contribution in [3.63, 3.8) is 0 Å². The van der Waals surface area contributed by atoms with E-state index in [0.29, 0.717) is 22.1 Å². The quantitative estimate of drug-likeness (QED) is 0.491. The molecule has 8 atom stereocenters. The molecule has 0 aromatic carbocycles. The van der Waals surface area contributed by atoms with Crippen LogP contribution < -0.4 is 0 Å². The number of halogens is 1. The Morgan fingerprint density at radius 2 is 1.91 bits per heavy atom. The summed E-state index contributed by atoms with van der Waals surface area (Å²) in [6.07, 6.45) is 12.6. The molecule has 0 radical (unpaired) electrons. The van der Waals surface area contributed by atoms with E-state index in [0.717, 1.165) is 24.2 Å². The van der Waals surface area contributed by atoms with E-state index in [1.165, 1.54) is 44.9 Å². The van der Waals surface area contributed by atoms with E-state index in [1.807, 2.05) is 6.92 Å². The van der Waals surface area contributed by atoms with Crippen LogP contribution in [0.15, 0.2) is 11.6 Å². The fraction of sp³-hybridized carbons (Fsp3) is 0.905. The van der Waals surface area contributed by atoms with Gasteiger partial charge in [-0.15, -0.1) is 11.6 Å². The van der Waals surface area contributed by atoms with Crippen LogP contribution >= 0.6 is 11.6 Å². The van der Waals surface area contributed by atoms with Crippen molar-refractivity contribution in [1.29, 1.82) is 0 Å². The SMILES string of the molecule is C[C@@H](O)[C@H]1CC[C@H]2[C@H]3CC=C4C[C@@H](Cl)CC[C@]4(C)[C@@H]3CC[C@]12C. The second-order valence-electron chi connectivity index (χ2n) is 9.57. The highest BCUT2D eigenvalue weighted by Crippen LogP contribution is 2.66. The fourth-order valence-electron chi connectivity index (χ4n) is 7.45. The molecule has 0 spiro atoms. The number of alkyl halides is 1. The molecule has 1 N–H and O–H groups in total. The van der Waals surface area contributed by atoms with Crippen LogP contribution in [0, 0.1) is 34.5 Å². The largest absolute Gasteiger partial charge is 0.393 e. The van der Waals surface area contributed by atoms with Crippen molar-refractivity contribution in [3.05, 3.63) is 11.6 Å². The van der Waals surface area contributed by atoms with E-state index in [1.54, 1.807) is 5.57 Å². The standard InChI is InChI=1S/C21H33ClO/c1-13(23)17-6-7-18-16-5-4-14-12-15(22)8-10-20(14,2)19(16)9-11-21(17,18)3/h4,13,15-19,23H,5-12H2,1-3H3/t13-,15+,16-,17-,18+,19-,20+,21-/m1/s1. The first-order valence-electron chi connectivity index (χ1n) is 9.88. The maximum atomic E-state index is 10.3. The first-order valence-corrected chi connectivity index (χ1v) is 10.3. The van der Waals surface area contributed by atoms with Crippen molar-refractivity contribution in [1.82, 2.24) is 0 Å². The molecule has 4 aliphatic carbocycles. The molecule has 3 fully saturated rings. The summed E-state index contributed by atoms with van der Waals surface area (Å²) in [5.74, 6) is 3.05. The number of hydrogen-bond acceptors (Lipinski definition) is 1. The average Bonchev–Trinajstić information content (AvgIpc) is 2.85. The van der Waals surface area contributed by atoms with Gasteiger partial charge in [0.1, 0.15) is 0 Å². The summed E-state index contributed by atoms with van der Waals surface area (Å²) in [5, 5.41) is 10.7. The first kappa shape index (κ1) is 16.5. The van der Waals surface area contributed by atoms with Gasteiger partial charge in [0.2, 0.25) is 0 Å². The van der Waals surface area contributed by atoms with Crippen LogP contribution in [0.5, 0.6) is 0 Å². The summed E-state index contributed by atoms with van der Waals surface area (Å²) >= 11 is 6.47. The van der Waals surface area contributed by atoms with Gasteiger partial charge in [0.05, 0.1) is 6.10 Å². The third-order valence-electron chi connectivity index (χ3n) is 8.70. The first-order chi connectivity index (χ1) is 10.9. The van der Waals surface area contributed by atoms with Gasteiger partial charge in [-0.3, -0.25) is 0 Å². The number of aliphatic hydroxyl groups is 1. The topological polar surface area (TPSA) is 20.2 Å². The molecule has 0 bridgehead atoms. The van der Waals surface area contributed by atoms with Crippen LogP contribution in [0.4, 0.5) is 0 Å². The normalized spacial score (nSPS) is 53.8. The molecule has 0 amide bonds. The van der Waals surface area contributed by atoms with Crippen LogP contribution in [0.2, 0.25) is 0 Å². The number of fused-ring (bicyclic) bond motifs is 5. The lowest BCUT2D eigenvalue weighted by Crippen LogP contribution is -2.51. The second kappa shape index (κ2) is 5.49. The van der Waals surface area contributed by atoms with E-state index in [2.05, 4.69) is 19.9 Å². The third kappa shape index (κ3) is 2.29. The Bertz CT molecular complexity index is 512. The molecule has 1 nitrogen and oxygen atoms in total. The highest BCUT2D eigenvalue weighted by atomic mass is 35.5. The zero-order chi connectivity index (χ0) is 16.4. The summed E-state index contributed by atoms with van der Waals surface area (Å²) in [7, 11) is 0.